The molecule has 1 amide bonds. The van der Waals surface area contributed by atoms with Crippen molar-refractivity contribution < 1.29 is 9.90 Å². The molecule has 6 heteroatoms. The predicted octanol–water partition coefficient (Wildman–Crippen LogP) is 1.41. The van der Waals surface area contributed by atoms with Gasteiger partial charge in [0.2, 0.25) is 0 Å². The molecule has 94 valence electrons. The van der Waals surface area contributed by atoms with E-state index < -0.39 is 5.54 Å². The summed E-state index contributed by atoms with van der Waals surface area (Å²) in [5.41, 5.74) is -0.410. The molecule has 0 atom stereocenters. The van der Waals surface area contributed by atoms with Crippen molar-refractivity contribution in [1.82, 2.24) is 15.5 Å². The van der Waals surface area contributed by atoms with E-state index in [2.05, 4.69) is 15.5 Å². The molecule has 0 aliphatic carbocycles. The van der Waals surface area contributed by atoms with Gasteiger partial charge in [0, 0.05) is 0 Å². The molecule has 1 heterocycles. The lowest BCUT2D eigenvalue weighted by molar-refractivity contribution is 0.0812. The van der Waals surface area contributed by atoms with E-state index in [0.717, 1.165) is 0 Å². The summed E-state index contributed by atoms with van der Waals surface area (Å²) in [5.74, 6) is -0.355. The second kappa shape index (κ2) is 5.93. The summed E-state index contributed by atoms with van der Waals surface area (Å²) in [6, 6.07) is 3.00. The van der Waals surface area contributed by atoms with Crippen molar-refractivity contribution in [3.63, 3.8) is 0 Å². The Hall–Kier alpha value is -1.20. The minimum atomic E-state index is -0.599. The van der Waals surface area contributed by atoms with Gasteiger partial charge in [0.15, 0.2) is 10.8 Å². The maximum Gasteiger partial charge on any atom is 0.272 e. The first-order chi connectivity index (χ1) is 8.06. The predicted molar refractivity (Wildman–Crippen MR) is 64.9 cm³/mol. The van der Waals surface area contributed by atoms with Crippen molar-refractivity contribution in [3.8, 4) is 0 Å². The van der Waals surface area contributed by atoms with Crippen LogP contribution in [0.2, 0.25) is 5.15 Å². The van der Waals surface area contributed by atoms with Crippen LogP contribution in [-0.4, -0.2) is 33.4 Å². The van der Waals surface area contributed by atoms with Crippen LogP contribution in [0.3, 0.4) is 0 Å². The van der Waals surface area contributed by atoms with Gasteiger partial charge in [-0.2, -0.15) is 0 Å². The van der Waals surface area contributed by atoms with E-state index in [4.69, 9.17) is 11.6 Å². The molecule has 0 saturated carbocycles. The number of nitrogens with one attached hydrogen (secondary N) is 1. The third kappa shape index (κ3) is 3.38. The van der Waals surface area contributed by atoms with Crippen LogP contribution in [0, 0.1) is 0 Å². The Labute approximate surface area is 105 Å². The van der Waals surface area contributed by atoms with Gasteiger partial charge >= 0.3 is 0 Å². The lowest BCUT2D eigenvalue weighted by Gasteiger charge is -2.30. The van der Waals surface area contributed by atoms with E-state index in [1.54, 1.807) is 0 Å². The number of hydrogen-bond acceptors (Lipinski definition) is 4. The fraction of sp³-hybridized carbons (Fsp3) is 0.545. The summed E-state index contributed by atoms with van der Waals surface area (Å²) in [4.78, 5) is 11.9. The Kier molecular flexibility index (Phi) is 4.84. The molecule has 0 aliphatic heterocycles. The fourth-order valence-electron chi connectivity index (χ4n) is 1.43. The summed E-state index contributed by atoms with van der Waals surface area (Å²) in [6.45, 7) is 3.72. The third-order valence-corrected chi connectivity index (χ3v) is 3.10. The van der Waals surface area contributed by atoms with Crippen LogP contribution in [-0.2, 0) is 0 Å². The molecule has 0 fully saturated rings. The Balaban J connectivity index is 2.81. The van der Waals surface area contributed by atoms with Crippen LogP contribution in [0.25, 0.3) is 0 Å². The lowest BCUT2D eigenvalue weighted by atomic mass is 9.93. The second-order valence-corrected chi connectivity index (χ2v) is 4.23. The summed E-state index contributed by atoms with van der Waals surface area (Å²) < 4.78 is 0. The van der Waals surface area contributed by atoms with Crippen LogP contribution in [0.5, 0.6) is 0 Å². The summed E-state index contributed by atoms with van der Waals surface area (Å²) in [7, 11) is 0. The van der Waals surface area contributed by atoms with E-state index in [1.807, 2.05) is 13.8 Å². The maximum atomic E-state index is 11.9. The van der Waals surface area contributed by atoms with Gasteiger partial charge in [0.25, 0.3) is 5.91 Å². The number of aliphatic hydroxyl groups is 1. The number of carbonyl (C=O) groups is 1. The van der Waals surface area contributed by atoms with Crippen molar-refractivity contribution in [2.45, 2.75) is 32.2 Å². The van der Waals surface area contributed by atoms with Gasteiger partial charge in [-0.3, -0.25) is 4.79 Å². The number of rotatable bonds is 5. The number of aliphatic hydroxyl groups excluding tert-OH is 1. The van der Waals surface area contributed by atoms with Gasteiger partial charge in [-0.25, -0.2) is 0 Å². The molecule has 1 rings (SSSR count). The van der Waals surface area contributed by atoms with Crippen molar-refractivity contribution in [2.75, 3.05) is 6.61 Å². The van der Waals surface area contributed by atoms with Gasteiger partial charge in [-0.05, 0) is 25.0 Å². The lowest BCUT2D eigenvalue weighted by Crippen LogP contribution is -2.50. The number of hydrogen-bond donors (Lipinski definition) is 2. The van der Waals surface area contributed by atoms with Crippen LogP contribution in [0.15, 0.2) is 12.1 Å². The zero-order valence-corrected chi connectivity index (χ0v) is 10.7. The average Bonchev–Trinajstić information content (AvgIpc) is 2.37. The molecular formula is C11H16ClN3O2. The number of halogens is 1. The number of nitrogens with zero attached hydrogens (tertiary/aromatic N) is 2. The van der Waals surface area contributed by atoms with E-state index in [9.17, 15) is 9.90 Å². The summed E-state index contributed by atoms with van der Waals surface area (Å²) >= 11 is 5.59. The normalized spacial score (nSPS) is 11.3. The second-order valence-electron chi connectivity index (χ2n) is 3.84. The molecule has 0 saturated heterocycles. The van der Waals surface area contributed by atoms with Gasteiger partial charge in [-0.15, -0.1) is 10.2 Å². The summed E-state index contributed by atoms with van der Waals surface area (Å²) in [5, 5.41) is 19.7. The molecule has 1 aromatic rings. The highest BCUT2D eigenvalue weighted by Crippen LogP contribution is 2.15. The molecule has 0 aromatic carbocycles. The average molecular weight is 258 g/mol. The van der Waals surface area contributed by atoms with Gasteiger partial charge in [0.05, 0.1) is 12.1 Å². The van der Waals surface area contributed by atoms with E-state index in [0.29, 0.717) is 12.8 Å². The first kappa shape index (κ1) is 13.9. The molecule has 0 unspecified atom stereocenters. The van der Waals surface area contributed by atoms with E-state index in [-0.39, 0.29) is 23.4 Å². The zero-order valence-electron chi connectivity index (χ0n) is 9.90. The fourth-order valence-corrected chi connectivity index (χ4v) is 1.53. The van der Waals surface area contributed by atoms with Crippen LogP contribution < -0.4 is 5.32 Å². The topological polar surface area (TPSA) is 75.1 Å². The van der Waals surface area contributed by atoms with Crippen molar-refractivity contribution in [3.05, 3.63) is 23.0 Å². The monoisotopic (exact) mass is 257 g/mol. The highest BCUT2D eigenvalue weighted by Gasteiger charge is 2.28. The Bertz CT molecular complexity index is 369. The minimum Gasteiger partial charge on any atom is -0.394 e. The third-order valence-electron chi connectivity index (χ3n) is 2.90. The molecule has 0 aliphatic rings. The quantitative estimate of drug-likeness (QED) is 0.836. The Morgan fingerprint density at radius 1 is 1.41 bits per heavy atom. The molecular weight excluding hydrogens is 242 g/mol. The van der Waals surface area contributed by atoms with Gasteiger partial charge in [0.1, 0.15) is 0 Å². The standard InChI is InChI=1S/C11H16ClN3O2/c1-3-11(4-2,7-16)13-10(17)8-5-6-9(12)15-14-8/h5-6,16H,3-4,7H2,1-2H3,(H,13,17). The van der Waals surface area contributed by atoms with Crippen LogP contribution in [0.1, 0.15) is 37.2 Å². The number of carbonyl (C=O) groups excluding carboxylic acids is 1. The van der Waals surface area contributed by atoms with Crippen molar-refractivity contribution in [1.29, 1.82) is 0 Å². The molecule has 1 aromatic heterocycles. The first-order valence-corrected chi connectivity index (χ1v) is 5.87. The van der Waals surface area contributed by atoms with E-state index >= 15 is 0 Å². The highest BCUT2D eigenvalue weighted by molar-refractivity contribution is 6.29. The molecule has 0 radical (unpaired) electrons. The van der Waals surface area contributed by atoms with E-state index in [1.165, 1.54) is 12.1 Å². The van der Waals surface area contributed by atoms with Gasteiger partial charge < -0.3 is 10.4 Å². The minimum absolute atomic E-state index is 0.104. The Morgan fingerprint density at radius 3 is 2.47 bits per heavy atom. The zero-order chi connectivity index (χ0) is 12.9. The first-order valence-electron chi connectivity index (χ1n) is 5.49. The smallest absolute Gasteiger partial charge is 0.272 e. The molecule has 2 N–H and O–H groups in total. The largest absolute Gasteiger partial charge is 0.394 e. The van der Waals surface area contributed by atoms with Crippen molar-refractivity contribution in [2.24, 2.45) is 0 Å². The number of amides is 1. The molecule has 0 spiro atoms. The highest BCUT2D eigenvalue weighted by atomic mass is 35.5. The Morgan fingerprint density at radius 2 is 2.06 bits per heavy atom. The van der Waals surface area contributed by atoms with Gasteiger partial charge in [-0.1, -0.05) is 25.4 Å². The maximum absolute atomic E-state index is 11.9. The van der Waals surface area contributed by atoms with Crippen LogP contribution in [0.4, 0.5) is 0 Å². The number of aromatic nitrogens is 2. The van der Waals surface area contributed by atoms with Crippen LogP contribution >= 0.6 is 11.6 Å². The SMILES string of the molecule is CCC(CC)(CO)NC(=O)c1ccc(Cl)nn1. The molecule has 0 bridgehead atoms. The molecule has 5 nitrogen and oxygen atoms in total. The van der Waals surface area contributed by atoms with Crippen molar-refractivity contribution >= 4 is 17.5 Å². The summed E-state index contributed by atoms with van der Waals surface area (Å²) in [6.07, 6.45) is 1.29. The molecule has 17 heavy (non-hydrogen) atoms.